The monoisotopic (exact) mass is 400 g/mol. The van der Waals surface area contributed by atoms with Crippen molar-refractivity contribution in [3.63, 3.8) is 0 Å². The third kappa shape index (κ3) is 3.70. The first-order valence-electron chi connectivity index (χ1n) is 8.50. The first kappa shape index (κ1) is 19.7. The lowest BCUT2D eigenvalue weighted by atomic mass is 9.94. The molecule has 0 bridgehead atoms. The lowest BCUT2D eigenvalue weighted by Crippen LogP contribution is -2.15. The van der Waals surface area contributed by atoms with Crippen molar-refractivity contribution < 1.29 is 26.3 Å². The summed E-state index contributed by atoms with van der Waals surface area (Å²) in [5, 5.41) is 0. The highest BCUT2D eigenvalue weighted by molar-refractivity contribution is 6.58. The van der Waals surface area contributed by atoms with E-state index in [1.165, 1.54) is 0 Å². The first-order chi connectivity index (χ1) is 12.4. The topological polar surface area (TPSA) is 0 Å². The summed E-state index contributed by atoms with van der Waals surface area (Å²) in [6.45, 7) is 6.32. The molecule has 7 heteroatoms. The molecule has 0 amide bonds. The fourth-order valence-corrected chi connectivity index (χ4v) is 5.98. The summed E-state index contributed by atoms with van der Waals surface area (Å²) in [4.78, 5) is 0. The van der Waals surface area contributed by atoms with Crippen molar-refractivity contribution >= 4 is 14.9 Å². The molecule has 0 heterocycles. The lowest BCUT2D eigenvalue weighted by molar-refractivity contribution is -0.143. The van der Waals surface area contributed by atoms with Crippen molar-refractivity contribution in [1.29, 1.82) is 0 Å². The Labute approximate surface area is 155 Å². The zero-order valence-electron chi connectivity index (χ0n) is 15.0. The van der Waals surface area contributed by atoms with Crippen molar-refractivity contribution in [3.8, 4) is 11.1 Å². The predicted octanol–water partition coefficient (Wildman–Crippen LogP) is 6.92. The zero-order valence-corrected chi connectivity index (χ0v) is 16.1. The summed E-state index contributed by atoms with van der Waals surface area (Å²) in [6, 6.07) is 6.97. The number of hydrogen-bond acceptors (Lipinski definition) is 0. The second kappa shape index (κ2) is 6.55. The minimum atomic E-state index is -4.85. The number of hydrogen-bond donors (Lipinski definition) is 0. The molecule has 0 aliphatic heterocycles. The molecule has 3 rings (SSSR count). The van der Waals surface area contributed by atoms with Crippen LogP contribution in [0.5, 0.6) is 0 Å². The average Bonchev–Trinajstić information content (AvgIpc) is 2.88. The molecule has 0 saturated heterocycles. The molecular weight excluding hydrogens is 382 g/mol. The van der Waals surface area contributed by atoms with Gasteiger partial charge in [0.05, 0.1) is 11.1 Å². The summed E-state index contributed by atoms with van der Waals surface area (Å²) < 4.78 is 79.1. The van der Waals surface area contributed by atoms with E-state index in [2.05, 4.69) is 13.1 Å². The number of halogens is 6. The van der Waals surface area contributed by atoms with Crippen LogP contribution in [0, 0.1) is 0 Å². The van der Waals surface area contributed by atoms with Gasteiger partial charge in [-0.2, -0.15) is 26.3 Å². The average molecular weight is 400 g/mol. The zero-order chi connectivity index (χ0) is 20.1. The van der Waals surface area contributed by atoms with Crippen LogP contribution < -0.4 is 0 Å². The molecule has 2 aromatic carbocycles. The molecule has 0 spiro atoms. The van der Waals surface area contributed by atoms with Crippen LogP contribution in [0.3, 0.4) is 0 Å². The molecule has 1 aliphatic rings. The van der Waals surface area contributed by atoms with E-state index < -0.39 is 32.3 Å². The van der Waals surface area contributed by atoms with Crippen LogP contribution in [0.2, 0.25) is 13.1 Å². The van der Waals surface area contributed by atoms with Gasteiger partial charge in [0, 0.05) is 8.80 Å². The molecule has 0 radical (unpaired) electrons. The van der Waals surface area contributed by atoms with Crippen molar-refractivity contribution in [2.75, 3.05) is 0 Å². The van der Waals surface area contributed by atoms with E-state index >= 15 is 0 Å². The van der Waals surface area contributed by atoms with Gasteiger partial charge in [-0.25, -0.2) is 0 Å². The van der Waals surface area contributed by atoms with Gasteiger partial charge in [-0.1, -0.05) is 42.9 Å². The maximum atomic E-state index is 13.2. The second-order valence-electron chi connectivity index (χ2n) is 7.21. The van der Waals surface area contributed by atoms with Gasteiger partial charge < -0.3 is 0 Å². The van der Waals surface area contributed by atoms with Gasteiger partial charge >= 0.3 is 12.4 Å². The maximum Gasteiger partial charge on any atom is 0.416 e. The van der Waals surface area contributed by atoms with Gasteiger partial charge in [0.2, 0.25) is 0 Å². The van der Waals surface area contributed by atoms with Gasteiger partial charge in [-0.15, -0.1) is 0 Å². The SMILES string of the molecule is CC1=Cc2c(-c3cc(C(F)(F)F)cc(C(F)(F)F)c3)cccc2C1[SiH](C)C. The highest BCUT2D eigenvalue weighted by Crippen LogP contribution is 2.44. The number of allylic oxidation sites excluding steroid dienone is 1. The third-order valence-electron chi connectivity index (χ3n) is 4.90. The summed E-state index contributed by atoms with van der Waals surface area (Å²) in [6.07, 6.45) is -7.81. The number of fused-ring (bicyclic) bond motifs is 1. The van der Waals surface area contributed by atoms with Gasteiger partial charge in [0.25, 0.3) is 0 Å². The Bertz CT molecular complexity index is 873. The van der Waals surface area contributed by atoms with Crippen LogP contribution >= 0.6 is 0 Å². The number of alkyl halides is 6. The molecule has 0 saturated carbocycles. The molecule has 1 aliphatic carbocycles. The van der Waals surface area contributed by atoms with Crippen molar-refractivity contribution in [3.05, 3.63) is 64.2 Å². The van der Waals surface area contributed by atoms with Crippen LogP contribution in [0.4, 0.5) is 26.3 Å². The quantitative estimate of drug-likeness (QED) is 0.379. The molecule has 0 fully saturated rings. The molecule has 2 aromatic rings. The van der Waals surface area contributed by atoms with Crippen LogP contribution in [-0.4, -0.2) is 8.80 Å². The van der Waals surface area contributed by atoms with Crippen LogP contribution in [0.1, 0.15) is 34.7 Å². The maximum absolute atomic E-state index is 13.2. The van der Waals surface area contributed by atoms with Crippen molar-refractivity contribution in [2.24, 2.45) is 0 Å². The first-order valence-corrected chi connectivity index (χ1v) is 11.5. The molecule has 0 N–H and O–H groups in total. The Kier molecular flexibility index (Phi) is 4.78. The van der Waals surface area contributed by atoms with Gasteiger partial charge in [0.15, 0.2) is 0 Å². The Morgan fingerprint density at radius 2 is 1.41 bits per heavy atom. The second-order valence-corrected chi connectivity index (χ2v) is 10.4. The third-order valence-corrected chi connectivity index (χ3v) is 7.12. The van der Waals surface area contributed by atoms with Crippen molar-refractivity contribution in [1.82, 2.24) is 0 Å². The van der Waals surface area contributed by atoms with Crippen LogP contribution in [0.15, 0.2) is 42.0 Å². The Balaban J connectivity index is 2.25. The minimum absolute atomic E-state index is 0.0656. The summed E-state index contributed by atoms with van der Waals surface area (Å²) in [7, 11) is -1.14. The molecule has 1 unspecified atom stereocenters. The smallest absolute Gasteiger partial charge is 0.166 e. The number of benzene rings is 2. The molecule has 144 valence electrons. The predicted molar refractivity (Wildman–Crippen MR) is 97.2 cm³/mol. The van der Waals surface area contributed by atoms with Gasteiger partial charge in [-0.05, 0) is 52.9 Å². The summed E-state index contributed by atoms with van der Waals surface area (Å²) in [5.74, 6) is 0. The van der Waals surface area contributed by atoms with E-state index in [-0.39, 0.29) is 17.2 Å². The lowest BCUT2D eigenvalue weighted by Gasteiger charge is -2.19. The molecule has 0 aromatic heterocycles. The fourth-order valence-electron chi connectivity index (χ4n) is 3.83. The van der Waals surface area contributed by atoms with E-state index in [1.807, 2.05) is 19.1 Å². The standard InChI is InChI=1S/C20H18F6Si/c1-11-7-17-15(5-4-6-16(17)18(11)27(2)3)12-8-13(19(21,22)23)10-14(9-12)20(24,25)26/h4-10,18,27H,1-3H3. The van der Waals surface area contributed by atoms with Crippen LogP contribution in [0.25, 0.3) is 17.2 Å². The molecule has 1 atom stereocenters. The molecule has 0 nitrogen and oxygen atoms in total. The van der Waals surface area contributed by atoms with E-state index in [0.717, 1.165) is 28.8 Å². The van der Waals surface area contributed by atoms with E-state index in [0.29, 0.717) is 5.56 Å². The van der Waals surface area contributed by atoms with Gasteiger partial charge in [-0.3, -0.25) is 0 Å². The molecular formula is C20H18F6Si. The van der Waals surface area contributed by atoms with E-state index in [4.69, 9.17) is 0 Å². The van der Waals surface area contributed by atoms with Gasteiger partial charge in [0.1, 0.15) is 0 Å². The Hall–Kier alpha value is -2.02. The summed E-state index contributed by atoms with van der Waals surface area (Å²) >= 11 is 0. The Morgan fingerprint density at radius 3 is 1.89 bits per heavy atom. The minimum Gasteiger partial charge on any atom is -0.166 e. The Morgan fingerprint density at radius 1 is 0.852 bits per heavy atom. The normalized spacial score (nSPS) is 17.3. The molecule has 27 heavy (non-hydrogen) atoms. The number of rotatable bonds is 2. The van der Waals surface area contributed by atoms with Crippen molar-refractivity contribution in [2.45, 2.75) is 37.9 Å². The van der Waals surface area contributed by atoms with Crippen LogP contribution in [-0.2, 0) is 12.4 Å². The van der Waals surface area contributed by atoms with E-state index in [1.54, 1.807) is 12.1 Å². The fraction of sp³-hybridized carbons (Fsp3) is 0.300. The largest absolute Gasteiger partial charge is 0.416 e. The highest BCUT2D eigenvalue weighted by atomic mass is 28.3. The summed E-state index contributed by atoms with van der Waals surface area (Å²) in [5.41, 5.74) is 0.836. The van der Waals surface area contributed by atoms with E-state index in [9.17, 15) is 26.3 Å². The highest BCUT2D eigenvalue weighted by Gasteiger charge is 2.37.